The van der Waals surface area contributed by atoms with Gasteiger partial charge in [-0.15, -0.1) is 0 Å². The maximum atomic E-state index is 11.8. The highest BCUT2D eigenvalue weighted by atomic mass is 16.4. The van der Waals surface area contributed by atoms with E-state index in [4.69, 9.17) is 11.6 Å². The highest BCUT2D eigenvalue weighted by Gasteiger charge is 2.37. The van der Waals surface area contributed by atoms with Crippen molar-refractivity contribution in [2.45, 2.75) is 30.8 Å². The number of benzene rings is 1. The summed E-state index contributed by atoms with van der Waals surface area (Å²) >= 11 is 0. The number of carbonyl (C=O) groups excluding carboxylic acids is 1. The molecule has 1 rings (SSSR count). The molecule has 0 saturated heterocycles. The van der Waals surface area contributed by atoms with Gasteiger partial charge in [-0.25, -0.2) is 4.79 Å². The predicted octanol–water partition coefficient (Wildman–Crippen LogP) is -1.67. The molecule has 5 atom stereocenters. The summed E-state index contributed by atoms with van der Waals surface area (Å²) in [6.45, 7) is 0. The summed E-state index contributed by atoms with van der Waals surface area (Å²) in [5, 5.41) is 46.1. The minimum Gasteiger partial charge on any atom is -0.479 e. The van der Waals surface area contributed by atoms with Crippen molar-refractivity contribution in [2.75, 3.05) is 0 Å². The van der Waals surface area contributed by atoms with Gasteiger partial charge in [0.25, 0.3) is 0 Å². The van der Waals surface area contributed by atoms with Gasteiger partial charge in [-0.05, 0) is 5.56 Å². The Balaban J connectivity index is 2.80. The second kappa shape index (κ2) is 7.11. The summed E-state index contributed by atoms with van der Waals surface area (Å²) in [6.07, 6.45) is -10.5. The lowest BCUT2D eigenvalue weighted by molar-refractivity contribution is -0.165. The van der Waals surface area contributed by atoms with Crippen LogP contribution in [0.3, 0.4) is 0 Å². The lowest BCUT2D eigenvalue weighted by Crippen LogP contribution is -2.50. The number of carbonyl (C=O) groups is 2. The Bertz CT molecular complexity index is 493. The minimum atomic E-state index is -2.36. The molecule has 0 aliphatic rings. The van der Waals surface area contributed by atoms with Crippen LogP contribution in [-0.2, 0) is 16.0 Å². The normalized spacial score (nSPS) is 19.3. The van der Waals surface area contributed by atoms with Gasteiger partial charge < -0.3 is 25.5 Å². The second-order valence-electron chi connectivity index (χ2n) is 4.17. The van der Waals surface area contributed by atoms with Crippen LogP contribution in [0.5, 0.6) is 0 Å². The number of aliphatic hydroxyl groups excluding tert-OH is 4. The molecule has 0 aliphatic carbocycles. The number of ketones is 1. The van der Waals surface area contributed by atoms with Crippen molar-refractivity contribution < 1.29 is 36.5 Å². The third kappa shape index (κ3) is 4.10. The fourth-order valence-corrected chi connectivity index (χ4v) is 1.49. The van der Waals surface area contributed by atoms with E-state index in [0.717, 1.165) is 0 Å². The van der Waals surface area contributed by atoms with Crippen molar-refractivity contribution in [3.8, 4) is 0 Å². The number of aliphatic hydroxyl groups is 4. The number of aliphatic carboxylic acids is 1. The number of carboxylic acids is 1. The van der Waals surface area contributed by atoms with E-state index in [0.29, 0.717) is 0 Å². The average Bonchev–Trinajstić information content (AvgIpc) is 2.51. The minimum absolute atomic E-state index is 0.266. The summed E-state index contributed by atoms with van der Waals surface area (Å²) in [7, 11) is 0. The Morgan fingerprint density at radius 2 is 1.50 bits per heavy atom. The zero-order valence-corrected chi connectivity index (χ0v) is 10.3. The van der Waals surface area contributed by atoms with E-state index in [1.165, 1.54) is 12.1 Å². The fraction of sp³-hybridized carbons (Fsp3) is 0.385. The molecule has 1 unspecified atom stereocenters. The predicted molar refractivity (Wildman–Crippen MR) is 66.8 cm³/mol. The smallest absolute Gasteiger partial charge is 0.335 e. The Kier molecular flexibility index (Phi) is 5.19. The second-order valence-corrected chi connectivity index (χ2v) is 4.17. The van der Waals surface area contributed by atoms with E-state index in [9.17, 15) is 24.9 Å². The lowest BCUT2D eigenvalue weighted by atomic mass is 9.96. The van der Waals surface area contributed by atoms with E-state index >= 15 is 0 Å². The Hall–Kier alpha value is -1.80. The molecular weight excluding hydrogens is 268 g/mol. The van der Waals surface area contributed by atoms with Gasteiger partial charge in [-0.3, -0.25) is 4.79 Å². The van der Waals surface area contributed by atoms with Crippen LogP contribution in [0.4, 0.5) is 0 Å². The number of carboxylic acid groups (broad SMARTS) is 1. The molecule has 20 heavy (non-hydrogen) atoms. The first kappa shape index (κ1) is 14.6. The molecule has 7 heteroatoms. The summed E-state index contributed by atoms with van der Waals surface area (Å²) in [6, 6.07) is 7.76. The Morgan fingerprint density at radius 1 is 1.00 bits per heavy atom. The van der Waals surface area contributed by atoms with Crippen LogP contribution in [0, 0.1) is 0 Å². The van der Waals surface area contributed by atoms with Gasteiger partial charge in [0.1, 0.15) is 18.3 Å². The SMILES string of the molecule is [2H]C(C(=O)[C@H](O)[C@@H](O)[C@H](O)[C@H](O)C(=O)O)c1ccccc1. The molecule has 110 valence electrons. The Labute approximate surface area is 116 Å². The van der Waals surface area contributed by atoms with Crippen LogP contribution < -0.4 is 0 Å². The maximum absolute atomic E-state index is 11.8. The van der Waals surface area contributed by atoms with Crippen LogP contribution in [-0.4, -0.2) is 61.7 Å². The van der Waals surface area contributed by atoms with Crippen molar-refractivity contribution >= 4 is 11.8 Å². The van der Waals surface area contributed by atoms with Crippen LogP contribution >= 0.6 is 0 Å². The van der Waals surface area contributed by atoms with E-state index < -0.39 is 42.6 Å². The number of hydrogen-bond donors (Lipinski definition) is 5. The number of rotatable bonds is 7. The quantitative estimate of drug-likeness (QED) is 0.404. The van der Waals surface area contributed by atoms with E-state index in [-0.39, 0.29) is 5.56 Å². The van der Waals surface area contributed by atoms with Gasteiger partial charge in [0.2, 0.25) is 0 Å². The van der Waals surface area contributed by atoms with Gasteiger partial charge in [-0.2, -0.15) is 0 Å². The molecule has 0 aliphatic heterocycles. The van der Waals surface area contributed by atoms with Crippen LogP contribution in [0.15, 0.2) is 30.3 Å². The molecule has 0 radical (unpaired) electrons. The largest absolute Gasteiger partial charge is 0.479 e. The van der Waals surface area contributed by atoms with Crippen molar-refractivity contribution in [3.05, 3.63) is 35.9 Å². The molecule has 0 heterocycles. The highest BCUT2D eigenvalue weighted by Crippen LogP contribution is 2.09. The summed E-state index contributed by atoms with van der Waals surface area (Å²) in [5.41, 5.74) is 0.266. The van der Waals surface area contributed by atoms with E-state index in [1.54, 1.807) is 18.2 Å². The summed E-state index contributed by atoms with van der Waals surface area (Å²) < 4.78 is 7.69. The molecule has 0 bridgehead atoms. The van der Waals surface area contributed by atoms with Gasteiger partial charge in [0, 0.05) is 7.77 Å². The van der Waals surface area contributed by atoms with Gasteiger partial charge in [0.05, 0.1) is 0 Å². The molecule has 5 N–H and O–H groups in total. The van der Waals surface area contributed by atoms with Crippen LogP contribution in [0.2, 0.25) is 0 Å². The third-order valence-electron chi connectivity index (χ3n) is 2.65. The van der Waals surface area contributed by atoms with Gasteiger partial charge in [0.15, 0.2) is 11.9 Å². The summed E-state index contributed by atoms with van der Waals surface area (Å²) in [5.74, 6) is -2.93. The molecule has 0 fully saturated rings. The van der Waals surface area contributed by atoms with Crippen molar-refractivity contribution in [1.82, 2.24) is 0 Å². The van der Waals surface area contributed by atoms with E-state index in [1.807, 2.05) is 0 Å². The Morgan fingerprint density at radius 3 is 2.00 bits per heavy atom. The summed E-state index contributed by atoms with van der Waals surface area (Å²) in [4.78, 5) is 22.3. The molecule has 0 spiro atoms. The molecule has 1 aromatic rings. The zero-order chi connectivity index (χ0) is 16.2. The topological polar surface area (TPSA) is 135 Å². The monoisotopic (exact) mass is 285 g/mol. The lowest BCUT2D eigenvalue weighted by Gasteiger charge is -2.23. The molecule has 0 saturated carbocycles. The van der Waals surface area contributed by atoms with Gasteiger partial charge in [-0.1, -0.05) is 30.3 Å². The first-order valence-electron chi connectivity index (χ1n) is 6.31. The number of hydrogen-bond acceptors (Lipinski definition) is 6. The van der Waals surface area contributed by atoms with Crippen LogP contribution in [0.25, 0.3) is 0 Å². The van der Waals surface area contributed by atoms with Gasteiger partial charge >= 0.3 is 5.97 Å². The third-order valence-corrected chi connectivity index (χ3v) is 2.65. The van der Waals surface area contributed by atoms with E-state index in [2.05, 4.69) is 0 Å². The first-order chi connectivity index (χ1) is 9.77. The van der Waals surface area contributed by atoms with Crippen molar-refractivity contribution in [3.63, 3.8) is 0 Å². The highest BCUT2D eigenvalue weighted by molar-refractivity contribution is 5.85. The first-order valence-corrected chi connectivity index (χ1v) is 5.73. The number of Topliss-reactive ketones (excluding diaryl/α,β-unsaturated/α-hetero) is 1. The zero-order valence-electron chi connectivity index (χ0n) is 11.3. The maximum Gasteiger partial charge on any atom is 0.335 e. The van der Waals surface area contributed by atoms with Crippen molar-refractivity contribution in [1.29, 1.82) is 0 Å². The molecular formula is C13H16O7. The van der Waals surface area contributed by atoms with Crippen molar-refractivity contribution in [2.24, 2.45) is 0 Å². The average molecular weight is 285 g/mol. The standard InChI is InChI=1S/C13H16O7/c14-8(6-7-4-2-1-3-5-7)9(15)10(16)11(17)12(18)13(19)20/h1-5,9-12,15-18H,6H2,(H,19,20)/t9-,10+,11-,12-/m0/s1/i6D/t6?,9-,10+,11-,12-. The molecule has 1 aromatic carbocycles. The van der Waals surface area contributed by atoms with Crippen LogP contribution in [0.1, 0.15) is 6.93 Å². The molecule has 0 aromatic heterocycles. The molecule has 7 nitrogen and oxygen atoms in total. The fourth-order valence-electron chi connectivity index (χ4n) is 1.49. The molecule has 0 amide bonds.